The highest BCUT2D eigenvalue weighted by Gasteiger charge is 2.20. The second-order valence-electron chi connectivity index (χ2n) is 8.09. The Bertz CT molecular complexity index is 892. The molecule has 0 aromatic heterocycles. The van der Waals surface area contributed by atoms with Gasteiger partial charge in [-0.1, -0.05) is 18.2 Å². The molecule has 1 aromatic rings. The molecule has 0 spiro atoms. The lowest BCUT2D eigenvalue weighted by Gasteiger charge is -2.26. The summed E-state index contributed by atoms with van der Waals surface area (Å²) in [5.74, 6) is -0.906. The number of guanidine groups is 1. The first-order valence-corrected chi connectivity index (χ1v) is 11.7. The van der Waals surface area contributed by atoms with Gasteiger partial charge in [-0.25, -0.2) is 4.79 Å². The molecule has 1 aliphatic rings. The summed E-state index contributed by atoms with van der Waals surface area (Å²) >= 11 is 0. The van der Waals surface area contributed by atoms with Crippen molar-refractivity contribution < 1.29 is 23.9 Å². The Morgan fingerprint density at radius 3 is 2.51 bits per heavy atom. The molecule has 0 bridgehead atoms. The van der Waals surface area contributed by atoms with Crippen molar-refractivity contribution in [2.45, 2.75) is 38.3 Å². The van der Waals surface area contributed by atoms with Gasteiger partial charge in [-0.3, -0.25) is 14.6 Å². The number of nitrogens with zero attached hydrogens (tertiary/aromatic N) is 2. The third kappa shape index (κ3) is 10.1. The molecule has 35 heavy (non-hydrogen) atoms. The summed E-state index contributed by atoms with van der Waals surface area (Å²) in [6.45, 7) is 4.59. The van der Waals surface area contributed by atoms with E-state index in [2.05, 4.69) is 10.3 Å². The maximum atomic E-state index is 12.7. The number of carbonyl (C=O) groups is 3. The summed E-state index contributed by atoms with van der Waals surface area (Å²) in [5.41, 5.74) is 18.2. The number of aliphatic imine (C=N–C) groups is 1. The molecule has 2 amide bonds. The van der Waals surface area contributed by atoms with Gasteiger partial charge in [0, 0.05) is 37.3 Å². The fourth-order valence-corrected chi connectivity index (χ4v) is 3.49. The van der Waals surface area contributed by atoms with E-state index in [-0.39, 0.29) is 24.4 Å². The van der Waals surface area contributed by atoms with Crippen molar-refractivity contribution in [3.8, 4) is 0 Å². The standard InChI is InChI=1S/C24H36N6O5/c1-2-35-21(31)10-9-19(4-3-11-28-24(26)27)29-22(32)20(25)16-17-5-7-18(8-6-17)23(33)30-12-14-34-15-13-30/h5-10,19-20H,2-4,11-16,25H2,1H3,(H,29,32)(H4,26,27,28)/b10-9+/t19-,20-/m0/s1. The van der Waals surface area contributed by atoms with Gasteiger partial charge in [0.2, 0.25) is 5.91 Å². The van der Waals surface area contributed by atoms with Crippen molar-refractivity contribution in [3.63, 3.8) is 0 Å². The molecule has 0 unspecified atom stereocenters. The van der Waals surface area contributed by atoms with Crippen LogP contribution in [0.3, 0.4) is 0 Å². The molecule has 7 N–H and O–H groups in total. The van der Waals surface area contributed by atoms with E-state index >= 15 is 0 Å². The molecule has 1 aromatic carbocycles. The van der Waals surface area contributed by atoms with Crippen molar-refractivity contribution in [2.24, 2.45) is 22.2 Å². The Kier molecular flexibility index (Phi) is 11.7. The molecule has 2 atom stereocenters. The van der Waals surface area contributed by atoms with Crippen LogP contribution < -0.4 is 22.5 Å². The zero-order valence-electron chi connectivity index (χ0n) is 20.2. The van der Waals surface area contributed by atoms with Crippen LogP contribution in [-0.4, -0.2) is 80.2 Å². The topological polar surface area (TPSA) is 175 Å². The van der Waals surface area contributed by atoms with Crippen LogP contribution in [0.4, 0.5) is 0 Å². The maximum absolute atomic E-state index is 12.7. The highest BCUT2D eigenvalue weighted by Crippen LogP contribution is 2.11. The fraction of sp³-hybridized carbons (Fsp3) is 0.500. The van der Waals surface area contributed by atoms with Crippen LogP contribution in [0.1, 0.15) is 35.7 Å². The van der Waals surface area contributed by atoms with Gasteiger partial charge in [0.25, 0.3) is 5.91 Å². The van der Waals surface area contributed by atoms with E-state index in [0.29, 0.717) is 57.7 Å². The first-order valence-electron chi connectivity index (χ1n) is 11.7. The SMILES string of the molecule is CCOC(=O)/C=C/[C@H](CCCN=C(N)N)NC(=O)[C@@H](N)Cc1ccc(C(=O)N2CCOCC2)cc1. The largest absolute Gasteiger partial charge is 0.463 e. The Morgan fingerprint density at radius 1 is 1.20 bits per heavy atom. The molecule has 1 saturated heterocycles. The summed E-state index contributed by atoms with van der Waals surface area (Å²) in [6, 6.07) is 5.83. The van der Waals surface area contributed by atoms with Crippen molar-refractivity contribution in [2.75, 3.05) is 39.5 Å². The lowest BCUT2D eigenvalue weighted by atomic mass is 10.0. The second-order valence-corrected chi connectivity index (χ2v) is 8.09. The molecule has 1 heterocycles. The number of amides is 2. The summed E-state index contributed by atoms with van der Waals surface area (Å²) in [4.78, 5) is 42.7. The molecule has 2 rings (SSSR count). The van der Waals surface area contributed by atoms with Crippen LogP contribution in [0.15, 0.2) is 41.4 Å². The van der Waals surface area contributed by atoms with Crippen LogP contribution in [0.25, 0.3) is 0 Å². The number of hydrogen-bond acceptors (Lipinski definition) is 7. The van der Waals surface area contributed by atoms with Gasteiger partial charge >= 0.3 is 5.97 Å². The van der Waals surface area contributed by atoms with Crippen molar-refractivity contribution in [3.05, 3.63) is 47.5 Å². The number of esters is 1. The second kappa shape index (κ2) is 14.7. The lowest BCUT2D eigenvalue weighted by Crippen LogP contribution is -2.46. The third-order valence-electron chi connectivity index (χ3n) is 5.34. The third-order valence-corrected chi connectivity index (χ3v) is 5.34. The van der Waals surface area contributed by atoms with Crippen molar-refractivity contribution in [1.82, 2.24) is 10.2 Å². The summed E-state index contributed by atoms with van der Waals surface area (Å²) in [5, 5.41) is 2.85. The molecular formula is C24H36N6O5. The first kappa shape index (κ1) is 27.8. The molecule has 1 aliphatic heterocycles. The molecule has 0 saturated carbocycles. The van der Waals surface area contributed by atoms with E-state index < -0.39 is 18.1 Å². The average molecular weight is 489 g/mol. The van der Waals surface area contributed by atoms with Crippen molar-refractivity contribution in [1.29, 1.82) is 0 Å². The van der Waals surface area contributed by atoms with Gasteiger partial charge in [-0.15, -0.1) is 0 Å². The number of hydrogen-bond donors (Lipinski definition) is 4. The zero-order valence-corrected chi connectivity index (χ0v) is 20.2. The monoisotopic (exact) mass is 488 g/mol. The van der Waals surface area contributed by atoms with E-state index in [1.165, 1.54) is 6.08 Å². The highest BCUT2D eigenvalue weighted by molar-refractivity contribution is 5.94. The Morgan fingerprint density at radius 2 is 1.89 bits per heavy atom. The first-order chi connectivity index (χ1) is 16.8. The van der Waals surface area contributed by atoms with E-state index in [9.17, 15) is 14.4 Å². The van der Waals surface area contributed by atoms with Crippen LogP contribution in [0.5, 0.6) is 0 Å². The summed E-state index contributed by atoms with van der Waals surface area (Å²) in [7, 11) is 0. The van der Waals surface area contributed by atoms with E-state index in [1.54, 1.807) is 42.2 Å². The molecular weight excluding hydrogens is 452 g/mol. The average Bonchev–Trinajstić information content (AvgIpc) is 2.85. The van der Waals surface area contributed by atoms with Gasteiger partial charge in [0.1, 0.15) is 0 Å². The van der Waals surface area contributed by atoms with Crippen LogP contribution in [-0.2, 0) is 25.5 Å². The number of benzene rings is 1. The zero-order chi connectivity index (χ0) is 25.6. The molecule has 0 aliphatic carbocycles. The Balaban J connectivity index is 1.93. The van der Waals surface area contributed by atoms with E-state index in [1.807, 2.05) is 0 Å². The van der Waals surface area contributed by atoms with E-state index in [4.69, 9.17) is 26.7 Å². The minimum Gasteiger partial charge on any atom is -0.463 e. The number of carbonyl (C=O) groups excluding carboxylic acids is 3. The van der Waals surface area contributed by atoms with Crippen LogP contribution >= 0.6 is 0 Å². The summed E-state index contributed by atoms with van der Waals surface area (Å²) < 4.78 is 10.2. The predicted molar refractivity (Wildman–Crippen MR) is 132 cm³/mol. The van der Waals surface area contributed by atoms with Gasteiger partial charge in [-0.2, -0.15) is 0 Å². The molecule has 0 radical (unpaired) electrons. The number of ether oxygens (including phenoxy) is 2. The lowest BCUT2D eigenvalue weighted by molar-refractivity contribution is -0.137. The van der Waals surface area contributed by atoms with Gasteiger partial charge in [-0.05, 0) is 43.9 Å². The van der Waals surface area contributed by atoms with Gasteiger partial charge < -0.3 is 36.9 Å². The molecule has 1 fully saturated rings. The van der Waals surface area contributed by atoms with Gasteiger partial charge in [0.05, 0.1) is 25.9 Å². The molecule has 192 valence electrons. The maximum Gasteiger partial charge on any atom is 0.330 e. The Labute approximate surface area is 205 Å². The number of nitrogens with one attached hydrogen (secondary N) is 1. The Hall–Kier alpha value is -3.44. The van der Waals surface area contributed by atoms with Gasteiger partial charge in [0.15, 0.2) is 5.96 Å². The van der Waals surface area contributed by atoms with Crippen molar-refractivity contribution >= 4 is 23.7 Å². The highest BCUT2D eigenvalue weighted by atomic mass is 16.5. The summed E-state index contributed by atoms with van der Waals surface area (Å²) in [6.07, 6.45) is 4.24. The number of nitrogens with two attached hydrogens (primary N) is 3. The van der Waals surface area contributed by atoms with Crippen LogP contribution in [0, 0.1) is 0 Å². The smallest absolute Gasteiger partial charge is 0.330 e. The molecule has 11 heteroatoms. The normalized spacial score (nSPS) is 15.3. The minimum atomic E-state index is -0.813. The predicted octanol–water partition coefficient (Wildman–Crippen LogP) is -0.313. The molecule has 11 nitrogen and oxygen atoms in total. The minimum absolute atomic E-state index is 0.00710. The number of morpholine rings is 1. The van der Waals surface area contributed by atoms with E-state index in [0.717, 1.165) is 5.56 Å². The number of rotatable bonds is 12. The quantitative estimate of drug-likeness (QED) is 0.102. The fourth-order valence-electron chi connectivity index (χ4n) is 3.49. The van der Waals surface area contributed by atoms with Crippen LogP contribution in [0.2, 0.25) is 0 Å².